The Labute approximate surface area is 163 Å². The largest absolute Gasteiger partial charge is 0.336 e. The summed E-state index contributed by atoms with van der Waals surface area (Å²) in [5, 5.41) is 0. The number of rotatable bonds is 5. The molecule has 1 aromatic carbocycles. The van der Waals surface area contributed by atoms with Crippen molar-refractivity contribution in [3.63, 3.8) is 0 Å². The minimum atomic E-state index is -0.215. The summed E-state index contributed by atoms with van der Waals surface area (Å²) in [5.41, 5.74) is 2.30. The van der Waals surface area contributed by atoms with Crippen LogP contribution in [-0.4, -0.2) is 49.7 Å². The molecule has 0 aliphatic carbocycles. The number of imidazole rings is 1. The maximum absolute atomic E-state index is 12.8. The van der Waals surface area contributed by atoms with Crippen LogP contribution in [-0.2, 0) is 19.6 Å². The highest BCUT2D eigenvalue weighted by Gasteiger charge is 2.29. The molecule has 0 spiro atoms. The number of hydrogen-bond donors (Lipinski definition) is 0. The number of carbonyl (C=O) groups is 2. The number of amides is 2. The molecular weight excluding hydrogens is 354 g/mol. The molecule has 3 aromatic rings. The molecule has 0 fully saturated rings. The van der Waals surface area contributed by atoms with Gasteiger partial charge in [0.05, 0.1) is 0 Å². The first-order valence-electron chi connectivity index (χ1n) is 9.16. The maximum Gasteiger partial charge on any atom is 0.290 e. The minimum Gasteiger partial charge on any atom is -0.336 e. The molecule has 0 unspecified atom stereocenters. The lowest BCUT2D eigenvalue weighted by molar-refractivity contribution is 0.0683. The quantitative estimate of drug-likeness (QED) is 0.685. The third-order valence-corrected chi connectivity index (χ3v) is 4.79. The van der Waals surface area contributed by atoms with Crippen molar-refractivity contribution >= 4 is 11.8 Å². The molecule has 2 amide bonds. The molecule has 142 valence electrons. The Balaban J connectivity index is 1.48. The summed E-state index contributed by atoms with van der Waals surface area (Å²) >= 11 is 0. The fourth-order valence-corrected chi connectivity index (χ4v) is 3.32. The second-order valence-electron chi connectivity index (χ2n) is 6.88. The fourth-order valence-electron chi connectivity index (χ4n) is 3.32. The lowest BCUT2D eigenvalue weighted by Crippen LogP contribution is -2.39. The first kappa shape index (κ1) is 17.9. The zero-order valence-corrected chi connectivity index (χ0v) is 15.7. The van der Waals surface area contributed by atoms with Gasteiger partial charge in [-0.15, -0.1) is 0 Å². The first-order valence-corrected chi connectivity index (χ1v) is 9.16. The topological polar surface area (TPSA) is 71.3 Å². The van der Waals surface area contributed by atoms with Crippen molar-refractivity contribution in [2.75, 3.05) is 13.6 Å². The predicted octanol–water partition coefficient (Wildman–Crippen LogP) is 2.21. The normalized spacial score (nSPS) is 13.3. The third kappa shape index (κ3) is 3.64. The fraction of sp³-hybridized carbons (Fsp3) is 0.238. The second kappa shape index (κ2) is 7.64. The zero-order chi connectivity index (χ0) is 19.5. The molecule has 0 saturated carbocycles. The number of aromatic nitrogens is 3. The van der Waals surface area contributed by atoms with Crippen LogP contribution in [0.25, 0.3) is 0 Å². The van der Waals surface area contributed by atoms with Crippen molar-refractivity contribution in [1.29, 1.82) is 0 Å². The van der Waals surface area contributed by atoms with Gasteiger partial charge in [0.1, 0.15) is 5.69 Å². The van der Waals surface area contributed by atoms with E-state index in [4.69, 9.17) is 0 Å². The van der Waals surface area contributed by atoms with Crippen molar-refractivity contribution in [3.8, 4) is 0 Å². The maximum atomic E-state index is 12.8. The Bertz CT molecular complexity index is 985. The van der Waals surface area contributed by atoms with Gasteiger partial charge in [0.15, 0.2) is 5.82 Å². The SMILES string of the molecule is CN(Cc1cccnc1)C(=O)c1cn2c(n1)C(=O)N(Cc1ccccc1)CC2. The molecule has 0 saturated heterocycles. The molecule has 7 heteroatoms. The highest BCUT2D eigenvalue weighted by Crippen LogP contribution is 2.17. The van der Waals surface area contributed by atoms with Gasteiger partial charge in [-0.2, -0.15) is 0 Å². The number of benzene rings is 1. The van der Waals surface area contributed by atoms with E-state index in [-0.39, 0.29) is 17.5 Å². The summed E-state index contributed by atoms with van der Waals surface area (Å²) < 4.78 is 1.77. The van der Waals surface area contributed by atoms with Crippen LogP contribution >= 0.6 is 0 Å². The Hall–Kier alpha value is -3.48. The molecular formula is C21H21N5O2. The molecule has 4 rings (SSSR count). The van der Waals surface area contributed by atoms with Crippen LogP contribution in [0, 0.1) is 0 Å². The van der Waals surface area contributed by atoms with Crippen molar-refractivity contribution in [1.82, 2.24) is 24.3 Å². The van der Waals surface area contributed by atoms with E-state index in [0.29, 0.717) is 32.0 Å². The van der Waals surface area contributed by atoms with Gasteiger partial charge in [0, 0.05) is 51.8 Å². The lowest BCUT2D eigenvalue weighted by Gasteiger charge is -2.27. The number of carbonyl (C=O) groups excluding carboxylic acids is 2. The molecule has 1 aliphatic rings. The Kier molecular flexibility index (Phi) is 4.89. The second-order valence-corrected chi connectivity index (χ2v) is 6.88. The zero-order valence-electron chi connectivity index (χ0n) is 15.7. The van der Waals surface area contributed by atoms with E-state index in [1.165, 1.54) is 0 Å². The smallest absolute Gasteiger partial charge is 0.290 e. The van der Waals surface area contributed by atoms with Gasteiger partial charge in [-0.1, -0.05) is 36.4 Å². The minimum absolute atomic E-state index is 0.149. The highest BCUT2D eigenvalue weighted by atomic mass is 16.2. The van der Waals surface area contributed by atoms with Crippen LogP contribution in [0.5, 0.6) is 0 Å². The first-order chi connectivity index (χ1) is 13.6. The van der Waals surface area contributed by atoms with Gasteiger partial charge in [0.25, 0.3) is 11.8 Å². The van der Waals surface area contributed by atoms with E-state index in [1.807, 2.05) is 42.5 Å². The Morgan fingerprint density at radius 1 is 1.11 bits per heavy atom. The number of pyridine rings is 1. The average Bonchev–Trinajstić information content (AvgIpc) is 3.16. The van der Waals surface area contributed by atoms with Crippen LogP contribution in [0.4, 0.5) is 0 Å². The lowest BCUT2D eigenvalue weighted by atomic mass is 10.2. The van der Waals surface area contributed by atoms with E-state index in [0.717, 1.165) is 11.1 Å². The molecule has 0 radical (unpaired) electrons. The number of fused-ring (bicyclic) bond motifs is 1. The summed E-state index contributed by atoms with van der Waals surface area (Å²) in [6, 6.07) is 13.6. The van der Waals surface area contributed by atoms with E-state index < -0.39 is 0 Å². The van der Waals surface area contributed by atoms with Crippen LogP contribution < -0.4 is 0 Å². The molecule has 1 aliphatic heterocycles. The summed E-state index contributed by atoms with van der Waals surface area (Å²) in [4.78, 5) is 37.3. The van der Waals surface area contributed by atoms with Gasteiger partial charge >= 0.3 is 0 Å². The van der Waals surface area contributed by atoms with Gasteiger partial charge < -0.3 is 14.4 Å². The molecule has 0 atom stereocenters. The Morgan fingerprint density at radius 3 is 2.64 bits per heavy atom. The number of nitrogens with zero attached hydrogens (tertiary/aromatic N) is 5. The highest BCUT2D eigenvalue weighted by molar-refractivity contribution is 5.96. The van der Waals surface area contributed by atoms with Crippen molar-refractivity contribution < 1.29 is 9.59 Å². The molecule has 7 nitrogen and oxygen atoms in total. The molecule has 28 heavy (non-hydrogen) atoms. The third-order valence-electron chi connectivity index (χ3n) is 4.79. The monoisotopic (exact) mass is 375 g/mol. The van der Waals surface area contributed by atoms with Gasteiger partial charge in [0.2, 0.25) is 0 Å². The van der Waals surface area contributed by atoms with Crippen LogP contribution in [0.1, 0.15) is 32.2 Å². The van der Waals surface area contributed by atoms with E-state index >= 15 is 0 Å². The predicted molar refractivity (Wildman–Crippen MR) is 103 cm³/mol. The summed E-state index contributed by atoms with van der Waals surface area (Å²) in [5.74, 6) is -0.0439. The summed E-state index contributed by atoms with van der Waals surface area (Å²) in [6.07, 6.45) is 5.10. The standard InChI is InChI=1S/C21H21N5O2/c1-24(13-17-8-5-9-22-12-17)20(27)18-15-25-10-11-26(21(28)19(25)23-18)14-16-6-3-2-4-7-16/h2-9,12,15H,10-11,13-14H2,1H3. The van der Waals surface area contributed by atoms with Crippen LogP contribution in [0.3, 0.4) is 0 Å². The summed E-state index contributed by atoms with van der Waals surface area (Å²) in [7, 11) is 1.72. The van der Waals surface area contributed by atoms with Gasteiger partial charge in [-0.3, -0.25) is 14.6 Å². The van der Waals surface area contributed by atoms with E-state index in [1.54, 1.807) is 40.0 Å². The van der Waals surface area contributed by atoms with Gasteiger partial charge in [-0.25, -0.2) is 4.98 Å². The van der Waals surface area contributed by atoms with Gasteiger partial charge in [-0.05, 0) is 17.2 Å². The van der Waals surface area contributed by atoms with Crippen LogP contribution in [0.15, 0.2) is 61.1 Å². The van der Waals surface area contributed by atoms with Crippen LogP contribution in [0.2, 0.25) is 0 Å². The van der Waals surface area contributed by atoms with Crippen molar-refractivity contribution in [3.05, 3.63) is 83.7 Å². The Morgan fingerprint density at radius 2 is 1.89 bits per heavy atom. The average molecular weight is 375 g/mol. The van der Waals surface area contributed by atoms with E-state index in [9.17, 15) is 9.59 Å². The molecule has 0 bridgehead atoms. The molecule has 2 aromatic heterocycles. The molecule has 3 heterocycles. The van der Waals surface area contributed by atoms with Crippen molar-refractivity contribution in [2.24, 2.45) is 0 Å². The number of hydrogen-bond acceptors (Lipinski definition) is 4. The van der Waals surface area contributed by atoms with Crippen molar-refractivity contribution in [2.45, 2.75) is 19.6 Å². The summed E-state index contributed by atoms with van der Waals surface area (Å²) in [6.45, 7) is 2.19. The molecule has 0 N–H and O–H groups in total. The van der Waals surface area contributed by atoms with E-state index in [2.05, 4.69) is 9.97 Å².